The van der Waals surface area contributed by atoms with E-state index in [1.807, 2.05) is 19.1 Å². The van der Waals surface area contributed by atoms with Gasteiger partial charge in [-0.25, -0.2) is 9.37 Å². The molecule has 1 aromatic carbocycles. The van der Waals surface area contributed by atoms with E-state index in [1.165, 1.54) is 12.1 Å². The Morgan fingerprint density at radius 1 is 1.25 bits per heavy atom. The molecule has 32 heavy (non-hydrogen) atoms. The summed E-state index contributed by atoms with van der Waals surface area (Å²) in [5.41, 5.74) is 11.6. The maximum atomic E-state index is 14.2. The van der Waals surface area contributed by atoms with Gasteiger partial charge in [0.15, 0.2) is 11.6 Å². The first-order valence-electron chi connectivity index (χ1n) is 10.1. The molecule has 1 aliphatic heterocycles. The minimum absolute atomic E-state index is 0.207. The van der Waals surface area contributed by atoms with E-state index in [-0.39, 0.29) is 11.6 Å². The smallest absolute Gasteiger partial charge is 0.166 e. The van der Waals surface area contributed by atoms with Crippen molar-refractivity contribution >= 4 is 5.82 Å². The highest BCUT2D eigenvalue weighted by molar-refractivity contribution is 5.75. The number of hydrogen-bond acceptors (Lipinski definition) is 6. The summed E-state index contributed by atoms with van der Waals surface area (Å²) in [6.07, 6.45) is 3.21. The monoisotopic (exact) mass is 426 g/mol. The molecule has 0 aliphatic carbocycles. The molecule has 3 aromatic heterocycles. The van der Waals surface area contributed by atoms with Crippen LogP contribution in [0.4, 0.5) is 10.2 Å². The molecule has 5 rings (SSSR count). The molecule has 4 aromatic rings. The minimum atomic E-state index is -0.530. The fraction of sp³-hybridized carbons (Fsp3) is 0.167. The second kappa shape index (κ2) is 7.46. The Bertz CT molecular complexity index is 1400. The van der Waals surface area contributed by atoms with E-state index in [0.29, 0.717) is 45.9 Å². The van der Waals surface area contributed by atoms with Crippen LogP contribution in [0.1, 0.15) is 35.5 Å². The Labute approximate surface area is 183 Å². The predicted molar refractivity (Wildman–Crippen MR) is 117 cm³/mol. The van der Waals surface area contributed by atoms with Gasteiger partial charge in [0.2, 0.25) is 0 Å². The number of ether oxygens (including phenoxy) is 1. The number of fused-ring (bicyclic) bond motifs is 7. The number of benzene rings is 1. The van der Waals surface area contributed by atoms with Crippen molar-refractivity contribution in [2.45, 2.75) is 19.4 Å². The molecule has 7 nitrogen and oxygen atoms in total. The van der Waals surface area contributed by atoms with Crippen molar-refractivity contribution in [3.05, 3.63) is 77.1 Å². The summed E-state index contributed by atoms with van der Waals surface area (Å²) in [5.74, 6) is 0.193. The Morgan fingerprint density at radius 3 is 2.91 bits per heavy atom. The standard InChI is InChI=1S/C24H19FN6O/c1-13-18-10-16(25)5-6-17(18)23-14(4-3-7-28-23)8-19-22(20(11-26)31(2)30-19)15-9-21(32-13)24(27)29-12-15/h3-7,9-10,12-13H,8H2,1-2H3,(H2,27,29)/t13-/m1/s1. The Balaban J connectivity index is 1.84. The van der Waals surface area contributed by atoms with E-state index in [4.69, 9.17) is 10.5 Å². The Morgan fingerprint density at radius 2 is 2.09 bits per heavy atom. The van der Waals surface area contributed by atoms with E-state index in [9.17, 15) is 9.65 Å². The molecule has 1 atom stereocenters. The van der Waals surface area contributed by atoms with Gasteiger partial charge < -0.3 is 10.5 Å². The van der Waals surface area contributed by atoms with Crippen molar-refractivity contribution in [1.29, 1.82) is 5.26 Å². The molecule has 0 spiro atoms. The molecule has 158 valence electrons. The fourth-order valence-electron chi connectivity index (χ4n) is 4.16. The van der Waals surface area contributed by atoms with Gasteiger partial charge in [-0.3, -0.25) is 9.67 Å². The lowest BCUT2D eigenvalue weighted by Crippen LogP contribution is -2.10. The van der Waals surface area contributed by atoms with Crippen LogP contribution in [0.3, 0.4) is 0 Å². The van der Waals surface area contributed by atoms with Crippen LogP contribution in [0.15, 0.2) is 48.8 Å². The summed E-state index contributed by atoms with van der Waals surface area (Å²) >= 11 is 0. The third kappa shape index (κ3) is 3.15. The van der Waals surface area contributed by atoms with Crippen molar-refractivity contribution in [3.63, 3.8) is 0 Å². The molecule has 4 heterocycles. The SMILES string of the molecule is C[C@H]1Oc2cc(cnc2N)-c2c(nn(C)c2C#N)Cc2cccnc2-c2ccc(F)cc21. The van der Waals surface area contributed by atoms with Crippen molar-refractivity contribution in [2.24, 2.45) is 7.05 Å². The largest absolute Gasteiger partial charge is 0.482 e. The van der Waals surface area contributed by atoms with Crippen LogP contribution in [-0.4, -0.2) is 19.7 Å². The Hall–Kier alpha value is -4.25. The van der Waals surface area contributed by atoms with E-state index < -0.39 is 6.10 Å². The molecular formula is C24H19FN6O. The van der Waals surface area contributed by atoms with Crippen LogP contribution < -0.4 is 10.5 Å². The molecule has 0 fully saturated rings. The van der Waals surface area contributed by atoms with Crippen molar-refractivity contribution in [3.8, 4) is 34.2 Å². The van der Waals surface area contributed by atoms with Gasteiger partial charge in [0.25, 0.3) is 0 Å². The van der Waals surface area contributed by atoms with Gasteiger partial charge in [-0.2, -0.15) is 10.4 Å². The highest BCUT2D eigenvalue weighted by Gasteiger charge is 2.24. The first-order chi connectivity index (χ1) is 15.5. The number of aromatic nitrogens is 4. The predicted octanol–water partition coefficient (Wildman–Crippen LogP) is 4.18. The molecule has 1 aliphatic rings. The lowest BCUT2D eigenvalue weighted by Gasteiger charge is -2.21. The number of nitrogen functional groups attached to an aromatic ring is 1. The second-order valence-corrected chi connectivity index (χ2v) is 7.69. The minimum Gasteiger partial charge on any atom is -0.482 e. The number of nitrogens with zero attached hydrogens (tertiary/aromatic N) is 5. The third-order valence-electron chi connectivity index (χ3n) is 5.66. The van der Waals surface area contributed by atoms with Crippen LogP contribution in [0.2, 0.25) is 0 Å². The number of nitriles is 1. The van der Waals surface area contributed by atoms with E-state index in [1.54, 1.807) is 36.3 Å². The second-order valence-electron chi connectivity index (χ2n) is 7.69. The number of pyridine rings is 2. The van der Waals surface area contributed by atoms with E-state index in [2.05, 4.69) is 21.1 Å². The van der Waals surface area contributed by atoms with Gasteiger partial charge in [-0.1, -0.05) is 6.07 Å². The van der Waals surface area contributed by atoms with E-state index in [0.717, 1.165) is 11.1 Å². The number of rotatable bonds is 0. The van der Waals surface area contributed by atoms with Gasteiger partial charge in [0.1, 0.15) is 23.7 Å². The van der Waals surface area contributed by atoms with Crippen LogP contribution in [0.25, 0.3) is 22.4 Å². The molecule has 0 unspecified atom stereocenters. The van der Waals surface area contributed by atoms with Gasteiger partial charge in [0, 0.05) is 48.1 Å². The molecular weight excluding hydrogens is 407 g/mol. The molecule has 0 amide bonds. The van der Waals surface area contributed by atoms with Gasteiger partial charge in [-0.05, 0) is 42.8 Å². The quantitative estimate of drug-likeness (QED) is 0.452. The van der Waals surface area contributed by atoms with Gasteiger partial charge in [-0.15, -0.1) is 0 Å². The highest BCUT2D eigenvalue weighted by atomic mass is 19.1. The number of hydrogen-bond donors (Lipinski definition) is 1. The molecule has 2 bridgehead atoms. The number of anilines is 1. The van der Waals surface area contributed by atoms with Crippen LogP contribution in [-0.2, 0) is 13.5 Å². The van der Waals surface area contributed by atoms with Crippen LogP contribution >= 0.6 is 0 Å². The summed E-state index contributed by atoms with van der Waals surface area (Å²) < 4.78 is 21.9. The highest BCUT2D eigenvalue weighted by Crippen LogP contribution is 2.38. The summed E-state index contributed by atoms with van der Waals surface area (Å²) in [6, 6.07) is 12.4. The summed E-state index contributed by atoms with van der Waals surface area (Å²) in [6.45, 7) is 1.83. The molecule has 2 N–H and O–H groups in total. The number of halogens is 1. The van der Waals surface area contributed by atoms with Gasteiger partial charge in [0.05, 0.1) is 11.4 Å². The zero-order valence-corrected chi connectivity index (χ0v) is 17.5. The van der Waals surface area contributed by atoms with Gasteiger partial charge >= 0.3 is 0 Å². The zero-order chi connectivity index (χ0) is 22.4. The van der Waals surface area contributed by atoms with Crippen molar-refractivity contribution in [1.82, 2.24) is 19.7 Å². The first kappa shape index (κ1) is 19.7. The number of aryl methyl sites for hydroxylation is 1. The fourth-order valence-corrected chi connectivity index (χ4v) is 4.16. The van der Waals surface area contributed by atoms with E-state index >= 15 is 0 Å². The molecule has 0 saturated heterocycles. The first-order valence-corrected chi connectivity index (χ1v) is 10.1. The molecule has 0 saturated carbocycles. The van der Waals surface area contributed by atoms with Crippen molar-refractivity contribution in [2.75, 3.05) is 5.73 Å². The zero-order valence-electron chi connectivity index (χ0n) is 17.5. The topological polar surface area (TPSA) is 103 Å². The normalized spacial score (nSPS) is 14.6. The summed E-state index contributed by atoms with van der Waals surface area (Å²) in [4.78, 5) is 8.89. The summed E-state index contributed by atoms with van der Waals surface area (Å²) in [5, 5.41) is 14.4. The molecule has 8 heteroatoms. The average molecular weight is 426 g/mol. The summed E-state index contributed by atoms with van der Waals surface area (Å²) in [7, 11) is 1.73. The maximum Gasteiger partial charge on any atom is 0.166 e. The van der Waals surface area contributed by atoms with Crippen LogP contribution in [0.5, 0.6) is 5.75 Å². The average Bonchev–Trinajstić information content (AvgIpc) is 3.09. The molecule has 0 radical (unpaired) electrons. The third-order valence-corrected chi connectivity index (χ3v) is 5.66. The number of nitrogens with two attached hydrogens (primary N) is 1. The maximum absolute atomic E-state index is 14.2. The van der Waals surface area contributed by atoms with Crippen LogP contribution in [0, 0.1) is 17.1 Å². The lowest BCUT2D eigenvalue weighted by atomic mass is 9.93. The Kier molecular flexibility index (Phi) is 4.59. The lowest BCUT2D eigenvalue weighted by molar-refractivity contribution is 0.227. The van der Waals surface area contributed by atoms with Crippen molar-refractivity contribution < 1.29 is 9.13 Å².